The number of aliphatic hydroxyl groups is 1. The predicted molar refractivity (Wildman–Crippen MR) is 471 cm³/mol. The van der Waals surface area contributed by atoms with Crippen LogP contribution < -0.4 is 67.9 Å². The largest absolute Gasteiger partial charge is 0.490 e. The summed E-state index contributed by atoms with van der Waals surface area (Å²) in [4.78, 5) is 169. The molecule has 14 rings (SSSR count). The molecule has 10 heterocycles. The van der Waals surface area contributed by atoms with Gasteiger partial charge in [0.2, 0.25) is 23.8 Å². The lowest BCUT2D eigenvalue weighted by Gasteiger charge is -2.25. The molecule has 3 saturated carbocycles. The molecule has 0 bridgehead atoms. The van der Waals surface area contributed by atoms with Crippen LogP contribution in [-0.4, -0.2) is 187 Å². The van der Waals surface area contributed by atoms with Crippen molar-refractivity contribution in [2.24, 2.45) is 0 Å². The minimum Gasteiger partial charge on any atom is -0.490 e. The van der Waals surface area contributed by atoms with E-state index in [4.69, 9.17) is 30.2 Å². The maximum absolute atomic E-state index is 13.4. The number of nitrogens with one attached hydrogen (secondary N) is 5. The lowest BCUT2D eigenvalue weighted by molar-refractivity contribution is -0.121. The third-order valence-corrected chi connectivity index (χ3v) is 22.9. The Morgan fingerprint density at radius 1 is 0.419 bits per heavy atom. The van der Waals surface area contributed by atoms with Crippen LogP contribution in [0.5, 0.6) is 5.75 Å². The molecule has 8 N–H and O–H groups in total. The number of Topliss-reactive ketones (excluding diaryl/α,β-unsaturated/α-hetero) is 4. The number of unbranched alkanes of at least 4 members (excludes halogenated alkanes) is 3. The van der Waals surface area contributed by atoms with Crippen molar-refractivity contribution in [3.63, 3.8) is 0 Å². The van der Waals surface area contributed by atoms with Crippen molar-refractivity contribution in [2.45, 2.75) is 169 Å². The van der Waals surface area contributed by atoms with Crippen molar-refractivity contribution in [1.29, 1.82) is 0 Å². The fraction of sp³-hybridized carbons (Fsp3) is 0.409. The first-order chi connectivity index (χ1) is 59.7. The first kappa shape index (κ1) is 89.8. The van der Waals surface area contributed by atoms with Crippen LogP contribution in [0.25, 0.3) is 33.1 Å². The van der Waals surface area contributed by atoms with E-state index in [0.717, 1.165) is 139 Å². The summed E-state index contributed by atoms with van der Waals surface area (Å²) in [6.07, 6.45) is 28.5. The number of pyridine rings is 6. The second-order valence-corrected chi connectivity index (χ2v) is 31.5. The molecular formula is C88H105N23O13. The van der Waals surface area contributed by atoms with E-state index in [2.05, 4.69) is 75.5 Å². The van der Waals surface area contributed by atoms with Gasteiger partial charge in [0, 0.05) is 131 Å². The molecule has 0 atom stereocenters. The number of fused-ring (bicyclic) bond motifs is 3. The molecule has 3 aliphatic carbocycles. The van der Waals surface area contributed by atoms with Gasteiger partial charge in [0.05, 0.1) is 58.8 Å². The number of hydrogen-bond donors (Lipinski definition) is 8. The van der Waals surface area contributed by atoms with Crippen LogP contribution in [0, 0.1) is 20.8 Å². The zero-order chi connectivity index (χ0) is 88.4. The number of carbonyl (C=O) groups excluding carboxylic acids is 6. The van der Waals surface area contributed by atoms with E-state index in [0.29, 0.717) is 116 Å². The van der Waals surface area contributed by atoms with Crippen LogP contribution in [-0.2, 0) is 4.79 Å². The van der Waals surface area contributed by atoms with E-state index in [-0.39, 0.29) is 92.7 Å². The Morgan fingerprint density at radius 2 is 0.790 bits per heavy atom. The fourth-order valence-electron chi connectivity index (χ4n) is 16.0. The van der Waals surface area contributed by atoms with Gasteiger partial charge in [-0.25, -0.2) is 50.8 Å². The molecule has 0 saturated heterocycles. The molecule has 0 radical (unpaired) electrons. The first-order valence-electron chi connectivity index (χ1n) is 41.6. The number of likely N-dealkylation sites (N-methyl/N-ethyl adjacent to an activating group) is 3. The topological polar surface area (TPSA) is 453 Å². The molecule has 3 fully saturated rings. The molecule has 124 heavy (non-hydrogen) atoms. The second-order valence-electron chi connectivity index (χ2n) is 31.5. The Bertz CT molecular complexity index is 5880. The third-order valence-electron chi connectivity index (χ3n) is 22.9. The normalized spacial score (nSPS) is 13.4. The van der Waals surface area contributed by atoms with Crippen LogP contribution in [0.2, 0.25) is 0 Å². The van der Waals surface area contributed by atoms with Crippen molar-refractivity contribution < 1.29 is 49.0 Å². The smallest absolute Gasteiger partial charge is 0.277 e. The number of aromatic nitrogens is 14. The van der Waals surface area contributed by atoms with Crippen molar-refractivity contribution in [3.8, 4) is 5.75 Å². The Labute approximate surface area is 715 Å². The SMILES string of the molecule is CC(=O)c1c(C)c2cnc(Nc3ccc(N(C)CCCCCCC(=O)CO)cn3)nc2n(C2CCCC2)c1=O.CC(=O)c1c(C)c2cnc(Nc3ccc(N(C)CCN(C)c4ccc(C(=O)NO)cc4)cn3)nc2n(C2CCCC2)c1=O.CC(=O)c1c(C)c2cnc(Nc3ccc(OCCN(C)c4ncc(C(=O)NO)cn4)cn3)nc2n(C2CCCC2)c1=O. The number of rotatable bonds is 33. The molecule has 0 spiro atoms. The summed E-state index contributed by atoms with van der Waals surface area (Å²) in [6.45, 7) is 12.3. The molecule has 2 amide bonds. The van der Waals surface area contributed by atoms with Crippen LogP contribution in [0.4, 0.5) is 58.3 Å². The van der Waals surface area contributed by atoms with E-state index in [9.17, 15) is 43.2 Å². The summed E-state index contributed by atoms with van der Waals surface area (Å²) in [5, 5.41) is 37.7. The predicted octanol–water partition coefficient (Wildman–Crippen LogP) is 11.7. The van der Waals surface area contributed by atoms with Crippen LogP contribution >= 0.6 is 0 Å². The average molecular weight is 1690 g/mol. The molecule has 650 valence electrons. The highest BCUT2D eigenvalue weighted by Gasteiger charge is 2.30. The molecule has 11 aromatic rings. The summed E-state index contributed by atoms with van der Waals surface area (Å²) in [6, 6.07) is 18.2. The maximum atomic E-state index is 13.4. The number of anilines is 10. The Balaban J connectivity index is 0.000000170. The average Bonchev–Trinajstić information content (AvgIpc) is 1.21. The van der Waals surface area contributed by atoms with Gasteiger partial charge < -0.3 is 45.4 Å². The van der Waals surface area contributed by atoms with Gasteiger partial charge in [-0.15, -0.1) is 0 Å². The van der Waals surface area contributed by atoms with E-state index in [1.807, 2.05) is 57.5 Å². The van der Waals surface area contributed by atoms with Crippen molar-refractivity contribution in [1.82, 2.24) is 79.5 Å². The van der Waals surface area contributed by atoms with E-state index in [1.165, 1.54) is 38.6 Å². The van der Waals surface area contributed by atoms with Crippen LogP contribution in [0.15, 0.2) is 125 Å². The summed E-state index contributed by atoms with van der Waals surface area (Å²) < 4.78 is 10.9. The molecule has 0 aliphatic heterocycles. The number of hydrogen-bond acceptors (Lipinski definition) is 31. The van der Waals surface area contributed by atoms with Crippen LogP contribution in [0.1, 0.15) is 217 Å². The molecule has 36 heteroatoms. The van der Waals surface area contributed by atoms with Gasteiger partial charge in [-0.3, -0.25) is 67.3 Å². The molecule has 3 aliphatic rings. The Morgan fingerprint density at radius 3 is 1.16 bits per heavy atom. The number of hydroxylamine groups is 2. The van der Waals surface area contributed by atoms with Crippen molar-refractivity contribution >= 4 is 126 Å². The van der Waals surface area contributed by atoms with Gasteiger partial charge in [-0.2, -0.15) is 15.0 Å². The number of ether oxygens (including phenoxy) is 1. The highest BCUT2D eigenvalue weighted by molar-refractivity contribution is 6.01. The molecule has 1 aromatic carbocycles. The number of nitrogens with zero attached hydrogens (tertiary/aromatic N) is 18. The van der Waals surface area contributed by atoms with Gasteiger partial charge in [-0.05, 0) is 170 Å². The summed E-state index contributed by atoms with van der Waals surface area (Å²) in [7, 11) is 7.76. The summed E-state index contributed by atoms with van der Waals surface area (Å²) in [5.41, 5.74) is 9.72. The third kappa shape index (κ3) is 21.3. The Kier molecular flexibility index (Phi) is 30.0. The quantitative estimate of drug-likeness (QED) is 0.00819. The number of aliphatic hydroxyl groups excluding tert-OH is 1. The monoisotopic (exact) mass is 1690 g/mol. The second kappa shape index (κ2) is 41.4. The summed E-state index contributed by atoms with van der Waals surface area (Å²) >= 11 is 0. The number of ketones is 4. The van der Waals surface area contributed by atoms with Gasteiger partial charge in [-0.1, -0.05) is 51.4 Å². The molecule has 36 nitrogen and oxygen atoms in total. The van der Waals surface area contributed by atoms with Crippen LogP contribution in [0.3, 0.4) is 0 Å². The molecule has 10 aromatic heterocycles. The zero-order valence-corrected chi connectivity index (χ0v) is 71.4. The highest BCUT2D eigenvalue weighted by atomic mass is 16.5. The van der Waals surface area contributed by atoms with E-state index in [1.54, 1.807) is 113 Å². The number of aryl methyl sites for hydroxylation is 3. The standard InChI is InChI=1S/C31H36N8O4.C29H38N6O4.C28H31N9O5/c1-19-25-18-33-31(35-28(25)39(23-7-5-6-8-23)30(42)27(19)20(2)40)34-26-14-13-24(17-32-26)38(4)16-15-37(3)22-11-9-21(10-12-22)29(41)36-43;1-19-24-17-31-29(33-27(24)35(21-10-7-8-11-21)28(39)26(19)20(2)37)32-25-14-13-22(16-30-25)34(3)15-9-5-4-6-12-23(38)18-36;1-16-21-15-30-27(34-24(21)37(19-6-4-5-7-19)26(40)23(16)17(2)38)33-22-9-8-20(14-29-22)42-11-10-36(3)28-31-12-18(13-32-28)25(39)35-41/h9-14,17-18,23,43H,5-8,15-16H2,1-4H3,(H,36,41)(H,32,33,34,35);13-14,16-17,21,36H,4-12,15,18H2,1-3H3,(H,30,31,32,33);8-9,12-15,19,41H,4-7,10-11H2,1-3H3,(H,35,39)(H,29,30,33,34). The van der Waals surface area contributed by atoms with Gasteiger partial charge in [0.1, 0.15) is 53.4 Å². The van der Waals surface area contributed by atoms with Gasteiger partial charge in [0.15, 0.2) is 23.1 Å². The minimum absolute atomic E-state index is 0.00580. The van der Waals surface area contributed by atoms with E-state index < -0.39 is 11.8 Å². The lowest BCUT2D eigenvalue weighted by atomic mass is 10.0. The van der Waals surface area contributed by atoms with Crippen molar-refractivity contribution in [2.75, 3.05) is 103 Å². The van der Waals surface area contributed by atoms with E-state index >= 15 is 0 Å². The highest BCUT2D eigenvalue weighted by Crippen LogP contribution is 2.36. The van der Waals surface area contributed by atoms with Crippen molar-refractivity contribution in [3.05, 3.63) is 186 Å². The zero-order valence-electron chi connectivity index (χ0n) is 71.4. The maximum Gasteiger partial charge on any atom is 0.277 e. The first-order valence-corrected chi connectivity index (χ1v) is 41.6. The minimum atomic E-state index is -0.687. The number of carbonyl (C=O) groups is 6. The summed E-state index contributed by atoms with van der Waals surface area (Å²) in [5.74, 6) is 1.47. The molecular weight excluding hydrogens is 1590 g/mol. The van der Waals surface area contributed by atoms with Gasteiger partial charge in [0.25, 0.3) is 28.5 Å². The van der Waals surface area contributed by atoms with Gasteiger partial charge >= 0.3 is 0 Å². The Hall–Kier alpha value is -13.5. The molecule has 0 unspecified atom stereocenters. The fourth-order valence-corrected chi connectivity index (χ4v) is 16.0. The number of benzene rings is 1. The number of amides is 2. The lowest BCUT2D eigenvalue weighted by Crippen LogP contribution is -2.30.